The van der Waals surface area contributed by atoms with E-state index in [2.05, 4.69) is 20.8 Å². The van der Waals surface area contributed by atoms with Crippen molar-refractivity contribution in [3.8, 4) is 0 Å². The Morgan fingerprint density at radius 1 is 1.25 bits per heavy atom. The minimum Gasteiger partial charge on any atom is -0.212 e. The van der Waals surface area contributed by atoms with Crippen molar-refractivity contribution in [1.82, 2.24) is 0 Å². The minimum absolute atomic E-state index is 0.0394. The Morgan fingerprint density at radius 2 is 1.83 bits per heavy atom. The van der Waals surface area contributed by atoms with Gasteiger partial charge < -0.3 is 0 Å². The molecule has 0 spiro atoms. The monoisotopic (exact) mass is 172 g/mol. The van der Waals surface area contributed by atoms with E-state index in [-0.39, 0.29) is 5.83 Å². The zero-order chi connectivity index (χ0) is 9.56. The Morgan fingerprint density at radius 3 is 2.17 bits per heavy atom. The smallest absolute Gasteiger partial charge is 0.0960 e. The average Bonchev–Trinajstić information content (AvgIpc) is 1.96. The second kappa shape index (κ2) is 6.22. The van der Waals surface area contributed by atoms with E-state index in [0.717, 1.165) is 31.3 Å². The second-order valence-electron chi connectivity index (χ2n) is 3.82. The van der Waals surface area contributed by atoms with Crippen molar-refractivity contribution in [2.24, 2.45) is 5.92 Å². The molecule has 0 aromatic heterocycles. The minimum atomic E-state index is 0.0394. The van der Waals surface area contributed by atoms with Crippen molar-refractivity contribution in [2.75, 3.05) is 0 Å². The highest BCUT2D eigenvalue weighted by atomic mass is 19.1. The van der Waals surface area contributed by atoms with Crippen LogP contribution >= 0.6 is 0 Å². The lowest BCUT2D eigenvalue weighted by molar-refractivity contribution is 0.549. The van der Waals surface area contributed by atoms with Crippen LogP contribution in [0.2, 0.25) is 0 Å². The maximum atomic E-state index is 12.9. The van der Waals surface area contributed by atoms with Crippen molar-refractivity contribution >= 4 is 0 Å². The molecule has 0 saturated carbocycles. The van der Waals surface area contributed by atoms with Crippen molar-refractivity contribution < 1.29 is 4.39 Å². The molecule has 72 valence electrons. The third-order valence-electron chi connectivity index (χ3n) is 2.06. The summed E-state index contributed by atoms with van der Waals surface area (Å²) < 4.78 is 12.9. The van der Waals surface area contributed by atoms with Crippen LogP contribution in [0.3, 0.4) is 0 Å². The van der Waals surface area contributed by atoms with Gasteiger partial charge in [0.2, 0.25) is 0 Å². The van der Waals surface area contributed by atoms with Crippen LogP contribution in [0.5, 0.6) is 0 Å². The van der Waals surface area contributed by atoms with Gasteiger partial charge in [-0.05, 0) is 37.7 Å². The lowest BCUT2D eigenvalue weighted by Crippen LogP contribution is -1.92. The predicted octanol–water partition coefficient (Wildman–Crippen LogP) is 4.47. The van der Waals surface area contributed by atoms with Crippen molar-refractivity contribution in [1.29, 1.82) is 0 Å². The van der Waals surface area contributed by atoms with Gasteiger partial charge in [-0.15, -0.1) is 0 Å². The molecular formula is C11H21F. The summed E-state index contributed by atoms with van der Waals surface area (Å²) in [4.78, 5) is 0. The van der Waals surface area contributed by atoms with Crippen LogP contribution in [0, 0.1) is 5.92 Å². The summed E-state index contributed by atoms with van der Waals surface area (Å²) in [7, 11) is 0. The Bertz CT molecular complexity index is 141. The molecule has 0 aliphatic rings. The third-order valence-corrected chi connectivity index (χ3v) is 2.06. The Kier molecular flexibility index (Phi) is 6.04. The Balaban J connectivity index is 3.90. The van der Waals surface area contributed by atoms with E-state index < -0.39 is 0 Å². The maximum Gasteiger partial charge on any atom is 0.0960 e. The maximum absolute atomic E-state index is 12.9. The summed E-state index contributed by atoms with van der Waals surface area (Å²) >= 11 is 0. The molecule has 0 aromatic rings. The topological polar surface area (TPSA) is 0 Å². The van der Waals surface area contributed by atoms with Gasteiger partial charge in [-0.3, -0.25) is 0 Å². The zero-order valence-corrected chi connectivity index (χ0v) is 8.78. The standard InChI is InChI=1S/C11H21F/c1-5-6-11(10(4)12)8-7-9(2)3/h9H,5-8H2,1-4H3/b11-10-. The molecule has 0 saturated heterocycles. The van der Waals surface area contributed by atoms with Crippen molar-refractivity contribution in [3.05, 3.63) is 11.4 Å². The molecule has 0 aliphatic carbocycles. The highest BCUT2D eigenvalue weighted by Gasteiger charge is 2.03. The normalized spacial score (nSPS) is 13.5. The summed E-state index contributed by atoms with van der Waals surface area (Å²) in [5, 5.41) is 0. The largest absolute Gasteiger partial charge is 0.212 e. The van der Waals surface area contributed by atoms with E-state index in [1.165, 1.54) is 0 Å². The van der Waals surface area contributed by atoms with E-state index in [0.29, 0.717) is 5.92 Å². The molecule has 0 rings (SSSR count). The van der Waals surface area contributed by atoms with Gasteiger partial charge in [0, 0.05) is 0 Å². The molecule has 1 heteroatoms. The van der Waals surface area contributed by atoms with Gasteiger partial charge in [-0.2, -0.15) is 0 Å². The zero-order valence-electron chi connectivity index (χ0n) is 8.78. The fourth-order valence-electron chi connectivity index (χ4n) is 1.23. The van der Waals surface area contributed by atoms with E-state index >= 15 is 0 Å². The van der Waals surface area contributed by atoms with E-state index in [1.54, 1.807) is 6.92 Å². The number of allylic oxidation sites excluding steroid dienone is 2. The van der Waals surface area contributed by atoms with E-state index in [9.17, 15) is 4.39 Å². The lowest BCUT2D eigenvalue weighted by Gasteiger charge is -2.08. The first-order valence-corrected chi connectivity index (χ1v) is 4.92. The average molecular weight is 172 g/mol. The Hall–Kier alpha value is -0.330. The molecule has 0 N–H and O–H groups in total. The molecule has 0 unspecified atom stereocenters. The first kappa shape index (κ1) is 11.7. The van der Waals surface area contributed by atoms with Crippen LogP contribution in [0.4, 0.5) is 4.39 Å². The summed E-state index contributed by atoms with van der Waals surface area (Å²) in [6, 6.07) is 0. The fourth-order valence-corrected chi connectivity index (χ4v) is 1.23. The van der Waals surface area contributed by atoms with E-state index in [1.807, 2.05) is 0 Å². The van der Waals surface area contributed by atoms with Gasteiger partial charge >= 0.3 is 0 Å². The predicted molar refractivity (Wildman–Crippen MR) is 52.8 cm³/mol. The third kappa shape index (κ3) is 5.34. The first-order valence-electron chi connectivity index (χ1n) is 4.92. The highest BCUT2D eigenvalue weighted by molar-refractivity contribution is 5.05. The van der Waals surface area contributed by atoms with Gasteiger partial charge in [-0.1, -0.05) is 27.2 Å². The quantitative estimate of drug-likeness (QED) is 0.574. The van der Waals surface area contributed by atoms with Crippen LogP contribution in [0.15, 0.2) is 11.4 Å². The highest BCUT2D eigenvalue weighted by Crippen LogP contribution is 2.20. The van der Waals surface area contributed by atoms with Crippen molar-refractivity contribution in [2.45, 2.75) is 53.4 Å². The number of hydrogen-bond donors (Lipinski definition) is 0. The molecule has 0 fully saturated rings. The summed E-state index contributed by atoms with van der Waals surface area (Å²) in [5.74, 6) is 0.716. The van der Waals surface area contributed by atoms with E-state index in [4.69, 9.17) is 0 Å². The number of rotatable bonds is 5. The molecule has 0 radical (unpaired) electrons. The van der Waals surface area contributed by atoms with Crippen LogP contribution in [0.25, 0.3) is 0 Å². The first-order chi connectivity index (χ1) is 5.57. The van der Waals surface area contributed by atoms with Crippen LogP contribution in [-0.4, -0.2) is 0 Å². The summed E-state index contributed by atoms with van der Waals surface area (Å²) in [5.41, 5.74) is 1.02. The second-order valence-corrected chi connectivity index (χ2v) is 3.82. The molecule has 0 nitrogen and oxygen atoms in total. The van der Waals surface area contributed by atoms with Gasteiger partial charge in [0.25, 0.3) is 0 Å². The molecule has 0 aromatic carbocycles. The summed E-state index contributed by atoms with van der Waals surface area (Å²) in [6.45, 7) is 8.03. The van der Waals surface area contributed by atoms with Crippen LogP contribution in [0.1, 0.15) is 53.4 Å². The van der Waals surface area contributed by atoms with Crippen molar-refractivity contribution in [3.63, 3.8) is 0 Å². The molecule has 0 atom stereocenters. The number of halogens is 1. The van der Waals surface area contributed by atoms with Gasteiger partial charge in [0.05, 0.1) is 5.83 Å². The Labute approximate surface area is 75.9 Å². The van der Waals surface area contributed by atoms with Crippen LogP contribution < -0.4 is 0 Å². The fraction of sp³-hybridized carbons (Fsp3) is 0.818. The molecule has 12 heavy (non-hydrogen) atoms. The molecule has 0 amide bonds. The number of hydrogen-bond acceptors (Lipinski definition) is 0. The van der Waals surface area contributed by atoms with Gasteiger partial charge in [0.15, 0.2) is 0 Å². The SMILES string of the molecule is CCC/C(CCC(C)C)=C(\C)F. The lowest BCUT2D eigenvalue weighted by atomic mass is 9.99. The summed E-state index contributed by atoms with van der Waals surface area (Å²) in [6.07, 6.45) is 4.02. The molecule has 0 bridgehead atoms. The van der Waals surface area contributed by atoms with Gasteiger partial charge in [-0.25, -0.2) is 4.39 Å². The molecule has 0 heterocycles. The van der Waals surface area contributed by atoms with Crippen LogP contribution in [-0.2, 0) is 0 Å². The molecule has 0 aliphatic heterocycles. The molecular weight excluding hydrogens is 151 g/mol. The van der Waals surface area contributed by atoms with Gasteiger partial charge in [0.1, 0.15) is 0 Å².